The van der Waals surface area contributed by atoms with E-state index in [9.17, 15) is 5.11 Å². The van der Waals surface area contributed by atoms with Gasteiger partial charge in [-0.15, -0.1) is 0 Å². The number of aliphatic hydroxyl groups excluding tert-OH is 1. The lowest BCUT2D eigenvalue weighted by atomic mass is 10.1. The van der Waals surface area contributed by atoms with Gasteiger partial charge in [0.15, 0.2) is 0 Å². The Labute approximate surface area is 124 Å². The summed E-state index contributed by atoms with van der Waals surface area (Å²) in [4.78, 5) is 4.85. The monoisotopic (exact) mass is 326 g/mol. The van der Waals surface area contributed by atoms with Crippen LogP contribution in [-0.4, -0.2) is 54.2 Å². The van der Waals surface area contributed by atoms with Crippen LogP contribution in [0.5, 0.6) is 0 Å². The maximum absolute atomic E-state index is 10.4. The number of halogens is 1. The fraction of sp³-hybridized carbons (Fsp3) is 0.600. The van der Waals surface area contributed by atoms with Gasteiger partial charge in [0.25, 0.3) is 0 Å². The average molecular weight is 327 g/mol. The summed E-state index contributed by atoms with van der Waals surface area (Å²) in [6.07, 6.45) is 0.778. The Morgan fingerprint density at radius 1 is 1.16 bits per heavy atom. The SMILES string of the molecule is CCN1CCCN(CC(O)c2ccccc2Br)CC1. The third kappa shape index (κ3) is 4.28. The molecule has 2 rings (SSSR count). The molecule has 1 unspecified atom stereocenters. The minimum absolute atomic E-state index is 0.413. The van der Waals surface area contributed by atoms with Crippen LogP contribution in [0, 0.1) is 0 Å². The lowest BCUT2D eigenvalue weighted by Gasteiger charge is -2.24. The molecule has 0 aliphatic carbocycles. The zero-order chi connectivity index (χ0) is 13.7. The molecule has 1 aromatic carbocycles. The molecule has 0 spiro atoms. The highest BCUT2D eigenvalue weighted by Crippen LogP contribution is 2.24. The van der Waals surface area contributed by atoms with E-state index in [2.05, 4.69) is 32.7 Å². The van der Waals surface area contributed by atoms with Crippen molar-refractivity contribution < 1.29 is 5.11 Å². The molecule has 1 aliphatic heterocycles. The molecule has 1 aliphatic rings. The van der Waals surface area contributed by atoms with Gasteiger partial charge in [-0.2, -0.15) is 0 Å². The van der Waals surface area contributed by atoms with Crippen molar-refractivity contribution in [2.75, 3.05) is 39.3 Å². The third-order valence-corrected chi connectivity index (χ3v) is 4.55. The van der Waals surface area contributed by atoms with Gasteiger partial charge in [0.1, 0.15) is 0 Å². The lowest BCUT2D eigenvalue weighted by molar-refractivity contribution is 0.114. The van der Waals surface area contributed by atoms with Crippen LogP contribution in [0.2, 0.25) is 0 Å². The van der Waals surface area contributed by atoms with Crippen LogP contribution >= 0.6 is 15.9 Å². The number of rotatable bonds is 4. The first-order valence-corrected chi connectivity index (χ1v) is 7.87. The molecular formula is C15H23BrN2O. The predicted molar refractivity (Wildman–Crippen MR) is 82.3 cm³/mol. The Balaban J connectivity index is 1.92. The van der Waals surface area contributed by atoms with E-state index in [0.29, 0.717) is 0 Å². The van der Waals surface area contributed by atoms with Crippen molar-refractivity contribution in [2.45, 2.75) is 19.4 Å². The largest absolute Gasteiger partial charge is 0.387 e. The molecule has 1 fully saturated rings. The molecule has 3 nitrogen and oxygen atoms in total. The van der Waals surface area contributed by atoms with E-state index in [4.69, 9.17) is 0 Å². The van der Waals surface area contributed by atoms with Gasteiger partial charge in [0.2, 0.25) is 0 Å². The highest BCUT2D eigenvalue weighted by atomic mass is 79.9. The maximum atomic E-state index is 10.4. The first-order valence-electron chi connectivity index (χ1n) is 7.08. The Kier molecular flexibility index (Phi) is 5.82. The van der Waals surface area contributed by atoms with Crippen LogP contribution < -0.4 is 0 Å². The van der Waals surface area contributed by atoms with Gasteiger partial charge in [-0.1, -0.05) is 41.1 Å². The predicted octanol–water partition coefficient (Wildman–Crippen LogP) is 2.51. The summed E-state index contributed by atoms with van der Waals surface area (Å²) in [7, 11) is 0. The summed E-state index contributed by atoms with van der Waals surface area (Å²) in [5.74, 6) is 0. The zero-order valence-corrected chi connectivity index (χ0v) is 13.1. The molecule has 106 valence electrons. The summed E-state index contributed by atoms with van der Waals surface area (Å²) in [5.41, 5.74) is 0.985. The second-order valence-electron chi connectivity index (χ2n) is 5.13. The Bertz CT molecular complexity index is 399. The third-order valence-electron chi connectivity index (χ3n) is 3.82. The van der Waals surface area contributed by atoms with E-state index in [-0.39, 0.29) is 0 Å². The number of benzene rings is 1. The summed E-state index contributed by atoms with van der Waals surface area (Å²) in [5, 5.41) is 10.4. The fourth-order valence-electron chi connectivity index (χ4n) is 2.61. The van der Waals surface area contributed by atoms with Crippen LogP contribution in [0.1, 0.15) is 25.0 Å². The topological polar surface area (TPSA) is 26.7 Å². The smallest absolute Gasteiger partial charge is 0.0927 e. The van der Waals surface area contributed by atoms with Crippen LogP contribution in [0.25, 0.3) is 0 Å². The molecule has 0 radical (unpaired) electrons. The van der Waals surface area contributed by atoms with Crippen LogP contribution in [0.15, 0.2) is 28.7 Å². The minimum Gasteiger partial charge on any atom is -0.387 e. The molecular weight excluding hydrogens is 304 g/mol. The zero-order valence-electron chi connectivity index (χ0n) is 11.6. The first-order chi connectivity index (χ1) is 9.20. The van der Waals surface area contributed by atoms with E-state index >= 15 is 0 Å². The normalized spacial score (nSPS) is 20.2. The van der Waals surface area contributed by atoms with Gasteiger partial charge >= 0.3 is 0 Å². The van der Waals surface area contributed by atoms with E-state index in [1.54, 1.807) is 0 Å². The summed E-state index contributed by atoms with van der Waals surface area (Å²) in [6.45, 7) is 8.48. The van der Waals surface area contributed by atoms with Gasteiger partial charge in [-0.3, -0.25) is 4.90 Å². The molecule has 0 amide bonds. The van der Waals surface area contributed by atoms with Crippen molar-refractivity contribution >= 4 is 15.9 Å². The Morgan fingerprint density at radius 2 is 1.84 bits per heavy atom. The molecule has 1 heterocycles. The van der Waals surface area contributed by atoms with Gasteiger partial charge in [0, 0.05) is 24.1 Å². The molecule has 4 heteroatoms. The average Bonchev–Trinajstić information content (AvgIpc) is 2.64. The maximum Gasteiger partial charge on any atom is 0.0927 e. The standard InChI is InChI=1S/C15H23BrN2O/c1-2-17-8-5-9-18(11-10-17)12-15(19)13-6-3-4-7-14(13)16/h3-4,6-7,15,19H,2,5,8-12H2,1H3. The van der Waals surface area contributed by atoms with Crippen molar-refractivity contribution in [3.05, 3.63) is 34.3 Å². The second kappa shape index (κ2) is 7.39. The van der Waals surface area contributed by atoms with Crippen LogP contribution in [-0.2, 0) is 0 Å². The van der Waals surface area contributed by atoms with E-state index in [1.807, 2.05) is 24.3 Å². The second-order valence-corrected chi connectivity index (χ2v) is 5.98. The molecule has 0 saturated carbocycles. The van der Waals surface area contributed by atoms with Gasteiger partial charge < -0.3 is 10.0 Å². The summed E-state index contributed by atoms with van der Waals surface area (Å²) in [6, 6.07) is 7.93. The molecule has 1 aromatic rings. The lowest BCUT2D eigenvalue weighted by Crippen LogP contribution is -2.33. The van der Waals surface area contributed by atoms with Crippen LogP contribution in [0.3, 0.4) is 0 Å². The number of hydrogen-bond acceptors (Lipinski definition) is 3. The fourth-order valence-corrected chi connectivity index (χ4v) is 3.16. The molecule has 1 N–H and O–H groups in total. The van der Waals surface area contributed by atoms with Crippen molar-refractivity contribution in [1.29, 1.82) is 0 Å². The van der Waals surface area contributed by atoms with E-state index in [0.717, 1.165) is 42.8 Å². The number of hydrogen-bond donors (Lipinski definition) is 1. The highest BCUT2D eigenvalue weighted by Gasteiger charge is 2.18. The Morgan fingerprint density at radius 3 is 2.58 bits per heavy atom. The first kappa shape index (κ1) is 15.0. The molecule has 0 bridgehead atoms. The van der Waals surface area contributed by atoms with Gasteiger partial charge in [-0.25, -0.2) is 0 Å². The van der Waals surface area contributed by atoms with E-state index < -0.39 is 6.10 Å². The van der Waals surface area contributed by atoms with E-state index in [1.165, 1.54) is 13.0 Å². The van der Waals surface area contributed by atoms with Crippen molar-refractivity contribution in [3.63, 3.8) is 0 Å². The van der Waals surface area contributed by atoms with Gasteiger partial charge in [0.05, 0.1) is 6.10 Å². The summed E-state index contributed by atoms with van der Waals surface area (Å²) >= 11 is 3.51. The minimum atomic E-state index is -0.413. The van der Waals surface area contributed by atoms with Crippen molar-refractivity contribution in [1.82, 2.24) is 9.80 Å². The van der Waals surface area contributed by atoms with Gasteiger partial charge in [-0.05, 0) is 37.7 Å². The van der Waals surface area contributed by atoms with Crippen molar-refractivity contribution in [2.24, 2.45) is 0 Å². The Hall–Kier alpha value is -0.420. The highest BCUT2D eigenvalue weighted by molar-refractivity contribution is 9.10. The van der Waals surface area contributed by atoms with Crippen molar-refractivity contribution in [3.8, 4) is 0 Å². The quantitative estimate of drug-likeness (QED) is 0.921. The number of nitrogens with zero attached hydrogens (tertiary/aromatic N) is 2. The number of likely N-dealkylation sites (N-methyl/N-ethyl adjacent to an activating group) is 1. The molecule has 1 atom stereocenters. The number of β-amino-alcohol motifs (C(OH)–C–C–N with tert-alkyl or cyclic N) is 1. The summed E-state index contributed by atoms with van der Waals surface area (Å²) < 4.78 is 0.993. The van der Waals surface area contributed by atoms with Crippen LogP contribution in [0.4, 0.5) is 0 Å². The molecule has 19 heavy (non-hydrogen) atoms. The number of aliphatic hydroxyl groups is 1. The molecule has 1 saturated heterocycles. The molecule has 0 aromatic heterocycles.